The van der Waals surface area contributed by atoms with Crippen molar-refractivity contribution in [2.75, 3.05) is 0 Å². The van der Waals surface area contributed by atoms with Crippen LogP contribution in [0.2, 0.25) is 0 Å². The highest BCUT2D eigenvalue weighted by Crippen LogP contribution is 2.18. The Hall–Kier alpha value is -2.09. The Labute approximate surface area is 87.0 Å². The average Bonchev–Trinajstić information content (AvgIpc) is 2.27. The van der Waals surface area contributed by atoms with Gasteiger partial charge in [-0.1, -0.05) is 18.2 Å². The van der Waals surface area contributed by atoms with E-state index in [9.17, 15) is 5.11 Å². The summed E-state index contributed by atoms with van der Waals surface area (Å²) in [4.78, 5) is 0. The van der Waals surface area contributed by atoms with Crippen LogP contribution in [-0.4, -0.2) is 5.11 Å². The molecule has 0 fully saturated rings. The van der Waals surface area contributed by atoms with Gasteiger partial charge in [0.1, 0.15) is 0 Å². The average molecular weight is 196 g/mol. The fraction of sp³-hybridized carbons (Fsp3) is 0. The number of aromatic nitrogens is 1. The van der Waals surface area contributed by atoms with Crippen molar-refractivity contribution in [3.8, 4) is 5.75 Å². The fourth-order valence-electron chi connectivity index (χ4n) is 1.84. The smallest absolute Gasteiger partial charge is 0.253 e. The molecule has 0 aliphatic heterocycles. The Morgan fingerprint density at radius 3 is 2.60 bits per heavy atom. The molecule has 3 aromatic rings. The summed E-state index contributed by atoms with van der Waals surface area (Å²) >= 11 is 0. The van der Waals surface area contributed by atoms with Gasteiger partial charge in [0.2, 0.25) is 0 Å². The van der Waals surface area contributed by atoms with Gasteiger partial charge in [-0.2, -0.15) is 4.40 Å². The monoisotopic (exact) mass is 196 g/mol. The summed E-state index contributed by atoms with van der Waals surface area (Å²) in [6.07, 6.45) is 3.95. The minimum absolute atomic E-state index is 0.309. The summed E-state index contributed by atoms with van der Waals surface area (Å²) in [5.74, 6) is 0.309. The first-order chi connectivity index (χ1) is 7.34. The number of pyridine rings is 2. The highest BCUT2D eigenvalue weighted by molar-refractivity contribution is 5.84. The van der Waals surface area contributed by atoms with Gasteiger partial charge < -0.3 is 5.11 Å². The van der Waals surface area contributed by atoms with Crippen molar-refractivity contribution in [1.29, 1.82) is 0 Å². The Morgan fingerprint density at radius 1 is 0.933 bits per heavy atom. The first kappa shape index (κ1) is 8.24. The van der Waals surface area contributed by atoms with Gasteiger partial charge in [0.25, 0.3) is 5.52 Å². The first-order valence-electron chi connectivity index (χ1n) is 4.86. The van der Waals surface area contributed by atoms with Crippen LogP contribution in [-0.2, 0) is 0 Å². The maximum absolute atomic E-state index is 9.71. The molecule has 2 aromatic heterocycles. The Morgan fingerprint density at radius 2 is 1.73 bits per heavy atom. The molecule has 2 heterocycles. The van der Waals surface area contributed by atoms with E-state index in [1.54, 1.807) is 6.07 Å². The van der Waals surface area contributed by atoms with Gasteiger partial charge in [-0.15, -0.1) is 0 Å². The van der Waals surface area contributed by atoms with Gasteiger partial charge in [0, 0.05) is 17.5 Å². The maximum atomic E-state index is 9.71. The maximum Gasteiger partial charge on any atom is 0.253 e. The molecule has 1 N–H and O–H groups in total. The van der Waals surface area contributed by atoms with E-state index in [1.807, 2.05) is 47.1 Å². The Bertz CT molecular complexity index is 646. The molecular weight excluding hydrogens is 186 g/mol. The van der Waals surface area contributed by atoms with Crippen LogP contribution in [0.15, 0.2) is 54.9 Å². The van der Waals surface area contributed by atoms with Crippen LogP contribution in [0.4, 0.5) is 0 Å². The van der Waals surface area contributed by atoms with Gasteiger partial charge in [0.15, 0.2) is 18.1 Å². The van der Waals surface area contributed by atoms with Crippen LogP contribution >= 0.6 is 0 Å². The largest absolute Gasteiger partial charge is 0.502 e. The second kappa shape index (κ2) is 2.95. The van der Waals surface area contributed by atoms with E-state index >= 15 is 0 Å². The molecule has 0 amide bonds. The zero-order valence-electron chi connectivity index (χ0n) is 8.09. The van der Waals surface area contributed by atoms with Crippen molar-refractivity contribution in [2.45, 2.75) is 0 Å². The molecule has 0 atom stereocenters. The van der Waals surface area contributed by atoms with E-state index in [4.69, 9.17) is 0 Å². The SMILES string of the molecule is Oc1ccc[n+]2cc3ccccc3cc12. The zero-order chi connectivity index (χ0) is 10.3. The van der Waals surface area contributed by atoms with Crippen molar-refractivity contribution in [3.05, 3.63) is 54.9 Å². The van der Waals surface area contributed by atoms with Crippen LogP contribution in [0, 0.1) is 0 Å². The normalized spacial score (nSPS) is 10.9. The quantitative estimate of drug-likeness (QED) is 0.433. The number of nitrogens with zero attached hydrogens (tertiary/aromatic N) is 1. The van der Waals surface area contributed by atoms with Crippen LogP contribution in [0.3, 0.4) is 0 Å². The standard InChI is InChI=1S/C13H9NO/c15-13-6-3-7-14-9-11-5-2-1-4-10(11)8-12(13)14/h1-9H/p+1. The molecule has 0 bridgehead atoms. The third kappa shape index (κ3) is 1.22. The van der Waals surface area contributed by atoms with Gasteiger partial charge in [-0.05, 0) is 17.5 Å². The lowest BCUT2D eigenvalue weighted by Gasteiger charge is -1.97. The van der Waals surface area contributed by atoms with Gasteiger partial charge in [-0.25, -0.2) is 0 Å². The third-order valence-electron chi connectivity index (χ3n) is 2.61. The molecular formula is C13H10NO+. The van der Waals surface area contributed by atoms with Crippen LogP contribution in [0.5, 0.6) is 5.75 Å². The van der Waals surface area contributed by atoms with E-state index < -0.39 is 0 Å². The highest BCUT2D eigenvalue weighted by Gasteiger charge is 2.08. The van der Waals surface area contributed by atoms with Crippen molar-refractivity contribution in [3.63, 3.8) is 0 Å². The minimum atomic E-state index is 0.309. The number of hydrogen-bond donors (Lipinski definition) is 1. The van der Waals surface area contributed by atoms with Gasteiger partial charge >= 0.3 is 0 Å². The van der Waals surface area contributed by atoms with Crippen LogP contribution in [0.25, 0.3) is 16.3 Å². The molecule has 2 nitrogen and oxygen atoms in total. The molecule has 0 saturated carbocycles. The van der Waals surface area contributed by atoms with E-state index in [-0.39, 0.29) is 0 Å². The second-order valence-electron chi connectivity index (χ2n) is 3.59. The van der Waals surface area contributed by atoms with Crippen molar-refractivity contribution in [1.82, 2.24) is 0 Å². The Balaban J connectivity index is 2.53. The number of benzene rings is 1. The third-order valence-corrected chi connectivity index (χ3v) is 2.61. The van der Waals surface area contributed by atoms with Crippen LogP contribution < -0.4 is 4.40 Å². The molecule has 0 saturated heterocycles. The van der Waals surface area contributed by atoms with E-state index in [2.05, 4.69) is 6.07 Å². The molecule has 3 rings (SSSR count). The minimum Gasteiger partial charge on any atom is -0.502 e. The molecule has 72 valence electrons. The lowest BCUT2D eigenvalue weighted by molar-refractivity contribution is -0.510. The second-order valence-corrected chi connectivity index (χ2v) is 3.59. The molecule has 0 unspecified atom stereocenters. The zero-order valence-corrected chi connectivity index (χ0v) is 8.09. The van der Waals surface area contributed by atoms with Crippen molar-refractivity contribution < 1.29 is 9.51 Å². The molecule has 0 radical (unpaired) electrons. The molecule has 0 aliphatic carbocycles. The van der Waals surface area contributed by atoms with Crippen molar-refractivity contribution in [2.24, 2.45) is 0 Å². The predicted octanol–water partition coefficient (Wildman–Crippen LogP) is 2.28. The van der Waals surface area contributed by atoms with E-state index in [0.29, 0.717) is 5.75 Å². The molecule has 15 heavy (non-hydrogen) atoms. The highest BCUT2D eigenvalue weighted by atomic mass is 16.3. The lowest BCUT2D eigenvalue weighted by atomic mass is 10.1. The topological polar surface area (TPSA) is 24.3 Å². The van der Waals surface area contributed by atoms with E-state index in [1.165, 1.54) is 5.39 Å². The number of rotatable bonds is 0. The molecule has 1 aromatic carbocycles. The molecule has 0 aliphatic rings. The summed E-state index contributed by atoms with van der Waals surface area (Å²) < 4.78 is 1.93. The lowest BCUT2D eigenvalue weighted by Crippen LogP contribution is -2.19. The van der Waals surface area contributed by atoms with Gasteiger partial charge in [-0.3, -0.25) is 0 Å². The first-order valence-corrected chi connectivity index (χ1v) is 4.86. The number of hydrogen-bond acceptors (Lipinski definition) is 1. The summed E-state index contributed by atoms with van der Waals surface area (Å²) in [5.41, 5.74) is 0.830. The molecule has 0 spiro atoms. The predicted molar refractivity (Wildman–Crippen MR) is 58.8 cm³/mol. The molecule has 2 heteroatoms. The van der Waals surface area contributed by atoms with Crippen LogP contribution in [0.1, 0.15) is 0 Å². The fourth-order valence-corrected chi connectivity index (χ4v) is 1.84. The summed E-state index contributed by atoms with van der Waals surface area (Å²) in [6, 6.07) is 13.6. The number of fused-ring (bicyclic) bond motifs is 2. The summed E-state index contributed by atoms with van der Waals surface area (Å²) in [6.45, 7) is 0. The van der Waals surface area contributed by atoms with Crippen molar-refractivity contribution >= 4 is 16.3 Å². The summed E-state index contributed by atoms with van der Waals surface area (Å²) in [5, 5.41) is 12.0. The van der Waals surface area contributed by atoms with E-state index in [0.717, 1.165) is 10.9 Å². The Kier molecular flexibility index (Phi) is 1.62. The summed E-state index contributed by atoms with van der Waals surface area (Å²) in [7, 11) is 0. The van der Waals surface area contributed by atoms with Gasteiger partial charge in [0.05, 0.1) is 0 Å². The number of aromatic hydroxyl groups is 1.